The van der Waals surface area contributed by atoms with Gasteiger partial charge in [-0.15, -0.1) is 0 Å². The third-order valence-electron chi connectivity index (χ3n) is 3.55. The molecule has 0 amide bonds. The van der Waals surface area contributed by atoms with Gasteiger partial charge in [0.1, 0.15) is 0 Å². The highest BCUT2D eigenvalue weighted by Crippen LogP contribution is 2.28. The first-order chi connectivity index (χ1) is 5.58. The Bertz CT molecular complexity index is 142. The summed E-state index contributed by atoms with van der Waals surface area (Å²) in [6.45, 7) is 9.75. The Balaban J connectivity index is 2.51. The molecule has 0 aromatic heterocycles. The minimum atomic E-state index is 0.872. The van der Waals surface area contributed by atoms with Crippen LogP contribution in [0.25, 0.3) is 0 Å². The quantitative estimate of drug-likeness (QED) is 0.571. The molecule has 1 fully saturated rings. The van der Waals surface area contributed by atoms with E-state index in [0.29, 0.717) is 0 Å². The van der Waals surface area contributed by atoms with Crippen molar-refractivity contribution in [3.05, 3.63) is 0 Å². The van der Waals surface area contributed by atoms with Crippen LogP contribution in [0.15, 0.2) is 0 Å². The Kier molecular flexibility index (Phi) is 3.16. The van der Waals surface area contributed by atoms with Crippen molar-refractivity contribution in [3.8, 4) is 0 Å². The van der Waals surface area contributed by atoms with E-state index in [1.54, 1.807) is 0 Å². The Morgan fingerprint density at radius 3 is 2.58 bits per heavy atom. The van der Waals surface area contributed by atoms with Crippen LogP contribution in [0.2, 0.25) is 0 Å². The molecule has 1 heterocycles. The lowest BCUT2D eigenvalue weighted by atomic mass is 10.0. The first-order valence-electron chi connectivity index (χ1n) is 5.42. The lowest BCUT2D eigenvalue weighted by Gasteiger charge is -2.36. The van der Waals surface area contributed by atoms with Gasteiger partial charge in [-0.05, 0) is 12.8 Å². The van der Waals surface area contributed by atoms with Crippen molar-refractivity contribution in [2.45, 2.75) is 46.1 Å². The fourth-order valence-electron chi connectivity index (χ4n) is 2.52. The molecular weight excluding hydrogens is 146 g/mol. The zero-order valence-electron chi connectivity index (χ0n) is 9.14. The molecule has 0 radical (unpaired) electrons. The summed E-state index contributed by atoms with van der Waals surface area (Å²) in [6, 6.07) is 0.954. The number of likely N-dealkylation sites (tertiary alicyclic amines) is 1. The van der Waals surface area contributed by atoms with E-state index in [-0.39, 0.29) is 0 Å². The molecule has 72 valence electrons. The monoisotopic (exact) mass is 170 g/mol. The molecule has 0 aromatic rings. The maximum absolute atomic E-state index is 2.43. The lowest BCUT2D eigenvalue weighted by Crippen LogP contribution is -2.48. The van der Waals surface area contributed by atoms with Gasteiger partial charge < -0.3 is 4.48 Å². The summed E-state index contributed by atoms with van der Waals surface area (Å²) < 4.78 is 1.33. The Morgan fingerprint density at radius 2 is 2.08 bits per heavy atom. The fraction of sp³-hybridized carbons (Fsp3) is 1.00. The Hall–Kier alpha value is -0.0400. The van der Waals surface area contributed by atoms with Crippen LogP contribution in [0.1, 0.15) is 40.0 Å². The molecule has 0 N–H and O–H groups in total. The minimum absolute atomic E-state index is 0.872. The summed E-state index contributed by atoms with van der Waals surface area (Å²) in [7, 11) is 2.43. The molecule has 0 spiro atoms. The molecule has 2 unspecified atom stereocenters. The first-order valence-corrected chi connectivity index (χ1v) is 5.42. The average Bonchev–Trinajstić information content (AvgIpc) is 2.33. The third-order valence-corrected chi connectivity index (χ3v) is 3.55. The number of nitrogens with zero attached hydrogens (tertiary/aromatic N) is 1. The maximum Gasteiger partial charge on any atom is 0.0892 e. The van der Waals surface area contributed by atoms with Crippen LogP contribution in [0.4, 0.5) is 0 Å². The largest absolute Gasteiger partial charge is 0.324 e. The molecule has 1 nitrogen and oxygen atoms in total. The third kappa shape index (κ3) is 2.01. The van der Waals surface area contributed by atoms with Gasteiger partial charge in [-0.3, -0.25) is 0 Å². The van der Waals surface area contributed by atoms with E-state index in [4.69, 9.17) is 0 Å². The van der Waals surface area contributed by atoms with Crippen molar-refractivity contribution in [3.63, 3.8) is 0 Å². The zero-order valence-corrected chi connectivity index (χ0v) is 9.14. The summed E-state index contributed by atoms with van der Waals surface area (Å²) in [6.07, 6.45) is 4.33. The van der Waals surface area contributed by atoms with Crippen LogP contribution in [0, 0.1) is 5.92 Å². The van der Waals surface area contributed by atoms with Crippen LogP contribution in [0.5, 0.6) is 0 Å². The van der Waals surface area contributed by atoms with E-state index in [1.165, 1.54) is 36.8 Å². The highest BCUT2D eigenvalue weighted by atomic mass is 15.4. The highest BCUT2D eigenvalue weighted by Gasteiger charge is 2.36. The smallest absolute Gasteiger partial charge is 0.0892 e. The summed E-state index contributed by atoms with van der Waals surface area (Å²) in [4.78, 5) is 0. The van der Waals surface area contributed by atoms with E-state index in [0.717, 1.165) is 12.0 Å². The van der Waals surface area contributed by atoms with Gasteiger partial charge in [0, 0.05) is 19.3 Å². The molecule has 0 bridgehead atoms. The molecule has 12 heavy (non-hydrogen) atoms. The van der Waals surface area contributed by atoms with Gasteiger partial charge in [-0.1, -0.05) is 13.8 Å². The van der Waals surface area contributed by atoms with Gasteiger partial charge >= 0.3 is 0 Å². The molecule has 1 aliphatic heterocycles. The number of hydrogen-bond acceptors (Lipinski definition) is 0. The second-order valence-electron chi connectivity index (χ2n) is 4.94. The average molecular weight is 170 g/mol. The summed E-state index contributed by atoms with van der Waals surface area (Å²) in [5.41, 5.74) is 0. The maximum atomic E-state index is 2.43. The fourth-order valence-corrected chi connectivity index (χ4v) is 2.52. The molecule has 1 rings (SSSR count). The van der Waals surface area contributed by atoms with Crippen molar-refractivity contribution in [2.75, 3.05) is 20.1 Å². The predicted octanol–water partition coefficient (Wildman–Crippen LogP) is 2.66. The zero-order chi connectivity index (χ0) is 9.19. The number of rotatable bonds is 3. The van der Waals surface area contributed by atoms with Gasteiger partial charge in [0.2, 0.25) is 0 Å². The van der Waals surface area contributed by atoms with Crippen molar-refractivity contribution in [2.24, 2.45) is 5.92 Å². The number of quaternary nitrogens is 1. The van der Waals surface area contributed by atoms with Gasteiger partial charge in [-0.2, -0.15) is 0 Å². The number of hydrogen-bond donors (Lipinski definition) is 0. The highest BCUT2D eigenvalue weighted by molar-refractivity contribution is 4.68. The lowest BCUT2D eigenvalue weighted by molar-refractivity contribution is -0.920. The van der Waals surface area contributed by atoms with Crippen molar-refractivity contribution >= 4 is 0 Å². The Morgan fingerprint density at radius 1 is 1.42 bits per heavy atom. The van der Waals surface area contributed by atoms with Gasteiger partial charge in [0.05, 0.1) is 26.2 Å². The molecular formula is C11H24N+. The van der Waals surface area contributed by atoms with Gasteiger partial charge in [0.15, 0.2) is 0 Å². The van der Waals surface area contributed by atoms with Crippen molar-refractivity contribution in [1.82, 2.24) is 0 Å². The SMILES string of the molecule is CC[N+]1(C)CCCC1CC(C)C. The predicted molar refractivity (Wildman–Crippen MR) is 54.1 cm³/mol. The molecule has 1 heteroatoms. The second kappa shape index (κ2) is 3.78. The molecule has 0 aliphatic carbocycles. The van der Waals surface area contributed by atoms with E-state index in [2.05, 4.69) is 27.8 Å². The van der Waals surface area contributed by atoms with Crippen LogP contribution in [-0.2, 0) is 0 Å². The van der Waals surface area contributed by atoms with Crippen LogP contribution >= 0.6 is 0 Å². The van der Waals surface area contributed by atoms with Crippen LogP contribution in [0.3, 0.4) is 0 Å². The van der Waals surface area contributed by atoms with E-state index in [1.807, 2.05) is 0 Å². The topological polar surface area (TPSA) is 0 Å². The van der Waals surface area contributed by atoms with Crippen molar-refractivity contribution < 1.29 is 4.48 Å². The first kappa shape index (κ1) is 10.0. The van der Waals surface area contributed by atoms with Crippen molar-refractivity contribution in [1.29, 1.82) is 0 Å². The van der Waals surface area contributed by atoms with E-state index >= 15 is 0 Å². The summed E-state index contributed by atoms with van der Waals surface area (Å²) >= 11 is 0. The molecule has 1 aliphatic rings. The van der Waals surface area contributed by atoms with E-state index < -0.39 is 0 Å². The second-order valence-corrected chi connectivity index (χ2v) is 4.94. The van der Waals surface area contributed by atoms with Crippen LogP contribution < -0.4 is 0 Å². The van der Waals surface area contributed by atoms with Gasteiger partial charge in [0.25, 0.3) is 0 Å². The molecule has 2 atom stereocenters. The summed E-state index contributed by atoms with van der Waals surface area (Å²) in [5.74, 6) is 0.872. The molecule has 0 saturated carbocycles. The summed E-state index contributed by atoms with van der Waals surface area (Å²) in [5, 5.41) is 0. The molecule has 0 aromatic carbocycles. The molecule has 1 saturated heterocycles. The Labute approximate surface area is 77.4 Å². The van der Waals surface area contributed by atoms with Crippen LogP contribution in [-0.4, -0.2) is 30.7 Å². The normalized spacial score (nSPS) is 36.2. The standard InChI is InChI=1S/C11H24N/c1-5-12(4)8-6-7-11(12)9-10(2)3/h10-11H,5-9H2,1-4H3/q+1. The van der Waals surface area contributed by atoms with Gasteiger partial charge in [-0.25, -0.2) is 0 Å². The van der Waals surface area contributed by atoms with E-state index in [9.17, 15) is 0 Å². The minimum Gasteiger partial charge on any atom is -0.324 e.